The molecule has 0 nitrogen and oxygen atoms in total. The highest BCUT2D eigenvalue weighted by atomic mass is 35.5. The largest absolute Gasteiger partial charge is 0.146 e. The summed E-state index contributed by atoms with van der Waals surface area (Å²) in [6.07, 6.45) is 9.34. The molecule has 1 aliphatic carbocycles. The summed E-state index contributed by atoms with van der Waals surface area (Å²) in [6.45, 7) is 0. The molecular weight excluding hydrogens is 259 g/mol. The molecule has 1 unspecified atom stereocenters. The van der Waals surface area contributed by atoms with Gasteiger partial charge in [0.1, 0.15) is 0 Å². The Hall–Kier alpha value is 0.280. The lowest BCUT2D eigenvalue weighted by Gasteiger charge is -2.23. The standard InChI is InChI=1S/C13H18Cl2S/c14-11-8-9-16-13(11)12(15)10-6-4-2-1-3-5-7-10/h8-10,12H,1-7H2. The quantitative estimate of drug-likeness (QED) is 0.578. The Kier molecular flexibility index (Phi) is 4.99. The van der Waals surface area contributed by atoms with Gasteiger partial charge >= 0.3 is 0 Å². The SMILES string of the molecule is Clc1ccsc1C(Cl)C1CCCCCCC1. The van der Waals surface area contributed by atoms with Crippen molar-refractivity contribution in [3.63, 3.8) is 0 Å². The van der Waals surface area contributed by atoms with E-state index < -0.39 is 0 Å². The molecule has 3 heteroatoms. The molecule has 0 spiro atoms. The van der Waals surface area contributed by atoms with Crippen molar-refractivity contribution in [2.45, 2.75) is 50.3 Å². The molecule has 1 saturated carbocycles. The smallest absolute Gasteiger partial charge is 0.0721 e. The minimum atomic E-state index is 0.130. The predicted octanol–water partition coefficient (Wildman–Crippen LogP) is 6.04. The maximum absolute atomic E-state index is 6.58. The highest BCUT2D eigenvalue weighted by Gasteiger charge is 2.24. The Balaban J connectivity index is 2.02. The summed E-state index contributed by atoms with van der Waals surface area (Å²) in [5.74, 6) is 0.623. The van der Waals surface area contributed by atoms with Gasteiger partial charge in [-0.2, -0.15) is 0 Å². The Morgan fingerprint density at radius 3 is 2.31 bits per heavy atom. The minimum Gasteiger partial charge on any atom is -0.146 e. The van der Waals surface area contributed by atoms with Crippen LogP contribution < -0.4 is 0 Å². The lowest BCUT2D eigenvalue weighted by molar-refractivity contribution is 0.370. The molecule has 1 heterocycles. The zero-order valence-corrected chi connectivity index (χ0v) is 11.8. The monoisotopic (exact) mass is 276 g/mol. The molecule has 0 saturated heterocycles. The van der Waals surface area contributed by atoms with Crippen LogP contribution in [-0.4, -0.2) is 0 Å². The van der Waals surface area contributed by atoms with Crippen LogP contribution in [0.2, 0.25) is 5.02 Å². The Labute approximate surface area is 112 Å². The van der Waals surface area contributed by atoms with Crippen molar-refractivity contribution in [1.29, 1.82) is 0 Å². The van der Waals surface area contributed by atoms with Gasteiger partial charge in [-0.25, -0.2) is 0 Å². The van der Waals surface area contributed by atoms with Crippen molar-refractivity contribution in [3.8, 4) is 0 Å². The van der Waals surface area contributed by atoms with Gasteiger partial charge < -0.3 is 0 Å². The van der Waals surface area contributed by atoms with E-state index in [1.54, 1.807) is 11.3 Å². The number of thiophene rings is 1. The molecule has 0 radical (unpaired) electrons. The summed E-state index contributed by atoms with van der Waals surface area (Å²) >= 11 is 14.4. The van der Waals surface area contributed by atoms with Crippen molar-refractivity contribution in [3.05, 3.63) is 21.3 Å². The molecule has 1 fully saturated rings. The lowest BCUT2D eigenvalue weighted by Crippen LogP contribution is -2.09. The summed E-state index contributed by atoms with van der Waals surface area (Å²) in [4.78, 5) is 1.17. The van der Waals surface area contributed by atoms with E-state index in [2.05, 4.69) is 0 Å². The van der Waals surface area contributed by atoms with Crippen LogP contribution in [0.25, 0.3) is 0 Å². The van der Waals surface area contributed by atoms with Crippen LogP contribution in [0, 0.1) is 5.92 Å². The average Bonchev–Trinajstić information content (AvgIpc) is 2.63. The van der Waals surface area contributed by atoms with E-state index in [1.165, 1.54) is 49.8 Å². The highest BCUT2D eigenvalue weighted by molar-refractivity contribution is 7.11. The van der Waals surface area contributed by atoms with Gasteiger partial charge in [0.25, 0.3) is 0 Å². The topological polar surface area (TPSA) is 0 Å². The summed E-state index contributed by atoms with van der Waals surface area (Å²) in [5, 5.41) is 3.02. The van der Waals surface area contributed by atoms with Crippen LogP contribution in [-0.2, 0) is 0 Å². The molecule has 1 aliphatic rings. The molecule has 1 atom stereocenters. The van der Waals surface area contributed by atoms with Crippen LogP contribution in [0.15, 0.2) is 11.4 Å². The van der Waals surface area contributed by atoms with Crippen molar-refractivity contribution < 1.29 is 0 Å². The fraction of sp³-hybridized carbons (Fsp3) is 0.692. The number of halogens is 2. The zero-order chi connectivity index (χ0) is 11.4. The summed E-state index contributed by atoms with van der Waals surface area (Å²) in [7, 11) is 0. The molecule has 0 amide bonds. The van der Waals surface area contributed by atoms with Gasteiger partial charge in [0.2, 0.25) is 0 Å². The van der Waals surface area contributed by atoms with Gasteiger partial charge in [0, 0.05) is 4.88 Å². The number of hydrogen-bond acceptors (Lipinski definition) is 1. The molecular formula is C13H18Cl2S. The first kappa shape index (κ1) is 12.7. The third-order valence-corrected chi connectivity index (χ3v) is 5.60. The van der Waals surface area contributed by atoms with Crippen molar-refractivity contribution >= 4 is 34.5 Å². The van der Waals surface area contributed by atoms with Gasteiger partial charge in [-0.05, 0) is 30.2 Å². The molecule has 1 aromatic heterocycles. The van der Waals surface area contributed by atoms with E-state index in [0.29, 0.717) is 5.92 Å². The normalized spacial score (nSPS) is 21.4. The summed E-state index contributed by atoms with van der Waals surface area (Å²) in [6, 6.07) is 1.96. The third kappa shape index (κ3) is 3.15. The minimum absolute atomic E-state index is 0.130. The molecule has 90 valence electrons. The molecule has 16 heavy (non-hydrogen) atoms. The Morgan fingerprint density at radius 1 is 1.12 bits per heavy atom. The number of hydrogen-bond donors (Lipinski definition) is 0. The van der Waals surface area contributed by atoms with Gasteiger partial charge in [-0.1, -0.05) is 43.7 Å². The fourth-order valence-electron chi connectivity index (χ4n) is 2.50. The lowest BCUT2D eigenvalue weighted by atomic mass is 9.88. The number of alkyl halides is 1. The van der Waals surface area contributed by atoms with E-state index in [1.807, 2.05) is 11.4 Å². The Morgan fingerprint density at radius 2 is 1.75 bits per heavy atom. The molecule has 0 aliphatic heterocycles. The highest BCUT2D eigenvalue weighted by Crippen LogP contribution is 2.42. The van der Waals surface area contributed by atoms with E-state index in [4.69, 9.17) is 23.2 Å². The molecule has 1 aromatic rings. The van der Waals surface area contributed by atoms with E-state index in [9.17, 15) is 0 Å². The van der Waals surface area contributed by atoms with E-state index >= 15 is 0 Å². The fourth-order valence-corrected chi connectivity index (χ4v) is 4.32. The molecule has 0 bridgehead atoms. The molecule has 0 aromatic carbocycles. The van der Waals surface area contributed by atoms with Gasteiger partial charge in [-0.3, -0.25) is 0 Å². The second-order valence-corrected chi connectivity index (χ2v) is 6.46. The Bertz CT molecular complexity index is 313. The predicted molar refractivity (Wildman–Crippen MR) is 73.7 cm³/mol. The van der Waals surface area contributed by atoms with Gasteiger partial charge in [0.05, 0.1) is 10.4 Å². The molecule has 2 rings (SSSR count). The van der Waals surface area contributed by atoms with Crippen molar-refractivity contribution in [2.24, 2.45) is 5.92 Å². The first-order valence-corrected chi connectivity index (χ1v) is 7.85. The van der Waals surface area contributed by atoms with Crippen LogP contribution in [0.4, 0.5) is 0 Å². The van der Waals surface area contributed by atoms with Crippen LogP contribution in [0.5, 0.6) is 0 Å². The van der Waals surface area contributed by atoms with E-state index in [0.717, 1.165) is 5.02 Å². The zero-order valence-electron chi connectivity index (χ0n) is 9.42. The first-order chi connectivity index (χ1) is 7.79. The number of rotatable bonds is 2. The van der Waals surface area contributed by atoms with Crippen molar-refractivity contribution in [1.82, 2.24) is 0 Å². The van der Waals surface area contributed by atoms with Crippen LogP contribution in [0.3, 0.4) is 0 Å². The van der Waals surface area contributed by atoms with Gasteiger partial charge in [-0.15, -0.1) is 22.9 Å². The van der Waals surface area contributed by atoms with Gasteiger partial charge in [0.15, 0.2) is 0 Å². The van der Waals surface area contributed by atoms with Crippen LogP contribution >= 0.6 is 34.5 Å². The second-order valence-electron chi connectivity index (χ2n) is 4.64. The summed E-state index contributed by atoms with van der Waals surface area (Å²) < 4.78 is 0. The average molecular weight is 277 g/mol. The third-order valence-electron chi connectivity index (χ3n) is 3.46. The maximum Gasteiger partial charge on any atom is 0.0721 e. The van der Waals surface area contributed by atoms with E-state index in [-0.39, 0.29) is 5.38 Å². The second kappa shape index (κ2) is 6.28. The first-order valence-electron chi connectivity index (χ1n) is 6.16. The maximum atomic E-state index is 6.58. The van der Waals surface area contributed by atoms with Crippen molar-refractivity contribution in [2.75, 3.05) is 0 Å². The van der Waals surface area contributed by atoms with Crippen LogP contribution in [0.1, 0.15) is 55.2 Å². The molecule has 0 N–H and O–H groups in total. The summed E-state index contributed by atoms with van der Waals surface area (Å²) in [5.41, 5.74) is 0.